The first kappa shape index (κ1) is 20.0. The van der Waals surface area contributed by atoms with E-state index in [0.717, 1.165) is 0 Å². The van der Waals surface area contributed by atoms with Crippen molar-refractivity contribution in [2.75, 3.05) is 4.90 Å². The number of amides is 1. The van der Waals surface area contributed by atoms with Gasteiger partial charge in [-0.15, -0.1) is 0 Å². The summed E-state index contributed by atoms with van der Waals surface area (Å²) in [7, 11) is 0. The Bertz CT molecular complexity index is 1150. The molecule has 3 aromatic rings. The van der Waals surface area contributed by atoms with Gasteiger partial charge in [0.1, 0.15) is 11.5 Å². The first-order valence-corrected chi connectivity index (χ1v) is 9.74. The van der Waals surface area contributed by atoms with Crippen molar-refractivity contribution in [2.45, 2.75) is 6.04 Å². The monoisotopic (exact) mass is 439 g/mol. The first-order valence-electron chi connectivity index (χ1n) is 8.98. The highest BCUT2D eigenvalue weighted by Crippen LogP contribution is 2.43. The van der Waals surface area contributed by atoms with Crippen LogP contribution in [0.4, 0.5) is 5.69 Å². The van der Waals surface area contributed by atoms with Gasteiger partial charge >= 0.3 is 0 Å². The molecule has 1 atom stereocenters. The van der Waals surface area contributed by atoms with E-state index in [1.807, 2.05) is 0 Å². The minimum Gasteiger partial charge on any atom is -0.508 e. The minimum atomic E-state index is -0.930. The molecule has 0 radical (unpaired) electrons. The lowest BCUT2D eigenvalue weighted by molar-refractivity contribution is -0.132. The summed E-state index contributed by atoms with van der Waals surface area (Å²) in [4.78, 5) is 27.3. The summed E-state index contributed by atoms with van der Waals surface area (Å²) < 4.78 is 0. The molecule has 150 valence electrons. The number of hydrogen-bond donors (Lipinski definition) is 2. The summed E-state index contributed by atoms with van der Waals surface area (Å²) in [6.07, 6.45) is 0. The van der Waals surface area contributed by atoms with Crippen LogP contribution in [-0.4, -0.2) is 21.9 Å². The van der Waals surface area contributed by atoms with Gasteiger partial charge in [0.25, 0.3) is 11.7 Å². The maximum absolute atomic E-state index is 13.0. The quantitative estimate of drug-likeness (QED) is 0.328. The standard InChI is InChI=1S/C23H15Cl2NO4/c24-15-10-16(25)12-17(11-15)26-20(13-6-8-18(27)9-7-13)19(22(29)23(26)30)21(28)14-4-2-1-3-5-14/h1-12,20,27-28H/b21-19+. The number of phenols is 1. The average Bonchev–Trinajstić information content (AvgIpc) is 2.99. The minimum absolute atomic E-state index is 0.0320. The van der Waals surface area contributed by atoms with E-state index in [1.54, 1.807) is 42.5 Å². The summed E-state index contributed by atoms with van der Waals surface area (Å²) in [5, 5.41) is 21.2. The first-order chi connectivity index (χ1) is 14.4. The van der Waals surface area contributed by atoms with E-state index in [1.165, 1.54) is 35.2 Å². The fraction of sp³-hybridized carbons (Fsp3) is 0.0435. The lowest BCUT2D eigenvalue weighted by Gasteiger charge is -2.25. The van der Waals surface area contributed by atoms with Crippen LogP contribution in [0.5, 0.6) is 5.75 Å². The highest BCUT2D eigenvalue weighted by Gasteiger charge is 2.47. The Hall–Kier alpha value is -3.28. The smallest absolute Gasteiger partial charge is 0.300 e. The molecule has 2 N–H and O–H groups in total. The maximum atomic E-state index is 13.0. The van der Waals surface area contributed by atoms with Crippen LogP contribution < -0.4 is 4.90 Å². The summed E-state index contributed by atoms with van der Waals surface area (Å²) in [6.45, 7) is 0. The molecule has 1 unspecified atom stereocenters. The largest absolute Gasteiger partial charge is 0.508 e. The Morgan fingerprint density at radius 2 is 1.47 bits per heavy atom. The number of aromatic hydroxyl groups is 1. The second kappa shape index (κ2) is 7.86. The van der Waals surface area contributed by atoms with Crippen molar-refractivity contribution < 1.29 is 19.8 Å². The maximum Gasteiger partial charge on any atom is 0.300 e. The average molecular weight is 440 g/mol. The van der Waals surface area contributed by atoms with Crippen LogP contribution in [0, 0.1) is 0 Å². The number of ketones is 1. The fourth-order valence-electron chi connectivity index (χ4n) is 3.50. The van der Waals surface area contributed by atoms with Crippen molar-refractivity contribution in [3.8, 4) is 5.75 Å². The summed E-state index contributed by atoms with van der Waals surface area (Å²) in [5.74, 6) is -1.90. The van der Waals surface area contributed by atoms with Gasteiger partial charge in [-0.05, 0) is 35.9 Å². The van der Waals surface area contributed by atoms with Crippen LogP contribution in [0.2, 0.25) is 10.0 Å². The van der Waals surface area contributed by atoms with Gasteiger partial charge in [0.2, 0.25) is 0 Å². The van der Waals surface area contributed by atoms with E-state index in [9.17, 15) is 19.8 Å². The number of benzene rings is 3. The molecule has 30 heavy (non-hydrogen) atoms. The van der Waals surface area contributed by atoms with E-state index in [0.29, 0.717) is 26.9 Å². The topological polar surface area (TPSA) is 77.8 Å². The van der Waals surface area contributed by atoms with Crippen molar-refractivity contribution in [3.63, 3.8) is 0 Å². The normalized spacial score (nSPS) is 18.1. The second-order valence-electron chi connectivity index (χ2n) is 6.75. The molecule has 0 aromatic heterocycles. The number of anilines is 1. The van der Waals surface area contributed by atoms with E-state index in [4.69, 9.17) is 23.2 Å². The molecular weight excluding hydrogens is 425 g/mol. The van der Waals surface area contributed by atoms with Gasteiger partial charge in [-0.1, -0.05) is 65.7 Å². The van der Waals surface area contributed by atoms with Gasteiger partial charge in [-0.25, -0.2) is 0 Å². The van der Waals surface area contributed by atoms with Gasteiger partial charge in [-0.2, -0.15) is 0 Å². The number of carbonyl (C=O) groups is 2. The number of carbonyl (C=O) groups excluding carboxylic acids is 2. The number of phenolic OH excluding ortho intramolecular Hbond substituents is 1. The Kier molecular flexibility index (Phi) is 5.24. The molecular formula is C23H15Cl2NO4. The number of hydrogen-bond acceptors (Lipinski definition) is 4. The summed E-state index contributed by atoms with van der Waals surface area (Å²) in [6, 6.07) is 18.2. The third kappa shape index (κ3) is 3.54. The summed E-state index contributed by atoms with van der Waals surface area (Å²) in [5.41, 5.74) is 1.19. The zero-order valence-electron chi connectivity index (χ0n) is 15.4. The molecule has 1 saturated heterocycles. The van der Waals surface area contributed by atoms with Crippen LogP contribution in [0.15, 0.2) is 78.4 Å². The van der Waals surface area contributed by atoms with Crippen molar-refractivity contribution in [3.05, 3.63) is 99.5 Å². The van der Waals surface area contributed by atoms with Crippen LogP contribution in [-0.2, 0) is 9.59 Å². The van der Waals surface area contributed by atoms with Crippen molar-refractivity contribution in [1.29, 1.82) is 0 Å². The zero-order valence-corrected chi connectivity index (χ0v) is 16.9. The van der Waals surface area contributed by atoms with Crippen molar-refractivity contribution >= 4 is 46.3 Å². The van der Waals surface area contributed by atoms with Gasteiger partial charge < -0.3 is 10.2 Å². The predicted octanol–water partition coefficient (Wildman–Crippen LogP) is 5.33. The molecule has 0 spiro atoms. The Balaban J connectivity index is 1.97. The Morgan fingerprint density at radius 3 is 2.07 bits per heavy atom. The molecule has 1 aliphatic heterocycles. The molecule has 0 saturated carbocycles. The molecule has 0 bridgehead atoms. The highest BCUT2D eigenvalue weighted by atomic mass is 35.5. The van der Waals surface area contributed by atoms with Gasteiger partial charge in [0.05, 0.1) is 11.6 Å². The zero-order chi connectivity index (χ0) is 21.4. The second-order valence-corrected chi connectivity index (χ2v) is 7.63. The number of Topliss-reactive ketones (excluding diaryl/α,β-unsaturated/α-hetero) is 1. The number of aliphatic hydroxyl groups is 1. The van der Waals surface area contributed by atoms with Gasteiger partial charge in [-0.3, -0.25) is 14.5 Å². The van der Waals surface area contributed by atoms with Crippen molar-refractivity contribution in [2.24, 2.45) is 0 Å². The van der Waals surface area contributed by atoms with Crippen LogP contribution in [0.25, 0.3) is 5.76 Å². The van der Waals surface area contributed by atoms with Crippen LogP contribution in [0.3, 0.4) is 0 Å². The molecule has 1 aliphatic rings. The third-order valence-corrected chi connectivity index (χ3v) is 5.26. The highest BCUT2D eigenvalue weighted by molar-refractivity contribution is 6.52. The van der Waals surface area contributed by atoms with E-state index >= 15 is 0 Å². The SMILES string of the molecule is O=C1C(=O)N(c2cc(Cl)cc(Cl)c2)C(c2ccc(O)cc2)/C1=C(\O)c1ccccc1. The van der Waals surface area contributed by atoms with Gasteiger partial charge in [0, 0.05) is 21.3 Å². The molecule has 3 aromatic carbocycles. The molecule has 1 amide bonds. The predicted molar refractivity (Wildman–Crippen MR) is 116 cm³/mol. The lowest BCUT2D eigenvalue weighted by Crippen LogP contribution is -2.29. The number of nitrogens with zero attached hydrogens (tertiary/aromatic N) is 1. The van der Waals surface area contributed by atoms with E-state index in [-0.39, 0.29) is 17.1 Å². The van der Waals surface area contributed by atoms with E-state index < -0.39 is 17.7 Å². The third-order valence-electron chi connectivity index (χ3n) is 4.83. The van der Waals surface area contributed by atoms with E-state index in [2.05, 4.69) is 0 Å². The molecule has 4 rings (SSSR count). The Labute approximate surface area is 182 Å². The molecule has 1 heterocycles. The fourth-order valence-corrected chi connectivity index (χ4v) is 4.02. The molecule has 0 aliphatic carbocycles. The van der Waals surface area contributed by atoms with Crippen molar-refractivity contribution in [1.82, 2.24) is 0 Å². The van der Waals surface area contributed by atoms with Crippen LogP contribution >= 0.6 is 23.2 Å². The molecule has 7 heteroatoms. The Morgan fingerprint density at radius 1 is 0.867 bits per heavy atom. The lowest BCUT2D eigenvalue weighted by atomic mass is 9.95. The molecule has 1 fully saturated rings. The van der Waals surface area contributed by atoms with Crippen LogP contribution in [0.1, 0.15) is 17.2 Å². The molecule has 5 nitrogen and oxygen atoms in total. The number of aliphatic hydroxyl groups excluding tert-OH is 1. The number of halogens is 2. The summed E-state index contributed by atoms with van der Waals surface area (Å²) >= 11 is 12.2. The van der Waals surface area contributed by atoms with Gasteiger partial charge in [0.15, 0.2) is 0 Å². The number of rotatable bonds is 3.